The fourth-order valence-corrected chi connectivity index (χ4v) is 24.3. The van der Waals surface area contributed by atoms with Crippen molar-refractivity contribution in [3.63, 3.8) is 0 Å². The van der Waals surface area contributed by atoms with Gasteiger partial charge in [0.15, 0.2) is 50.3 Å². The lowest BCUT2D eigenvalue weighted by Gasteiger charge is -2.51. The van der Waals surface area contributed by atoms with E-state index in [0.717, 1.165) is 94.1 Å². The lowest BCUT2D eigenvalue weighted by atomic mass is 9.95. The molecule has 0 saturated carbocycles. The first-order chi connectivity index (χ1) is 64.7. The van der Waals surface area contributed by atoms with Crippen LogP contribution >= 0.6 is 94.1 Å². The molecule has 8 amide bonds. The molecule has 0 radical (unpaired) electrons. The number of carbonyl (C=O) groups is 8. The van der Waals surface area contributed by atoms with Gasteiger partial charge < -0.3 is 203 Å². The molecule has 30 fully saturated rings. The molecule has 48 nitrogen and oxygen atoms in total. The predicted octanol–water partition coefficient (Wildman–Crippen LogP) is -9.36. The van der Waals surface area contributed by atoms with E-state index >= 15 is 0 Å². The molecule has 0 aromatic carbocycles. The summed E-state index contributed by atoms with van der Waals surface area (Å²) in [6, 6.07) is 0. The van der Waals surface area contributed by atoms with Gasteiger partial charge in [0.1, 0.15) is 146 Å². The molecule has 32 N–H and O–H groups in total. The summed E-state index contributed by atoms with van der Waals surface area (Å²) in [7, 11) is 0. The van der Waals surface area contributed by atoms with Crippen LogP contribution in [-0.4, -0.2) is 467 Å². The van der Waals surface area contributed by atoms with Crippen LogP contribution in [0.2, 0.25) is 0 Å². The highest BCUT2D eigenvalue weighted by atomic mass is 32.2. The summed E-state index contributed by atoms with van der Waals surface area (Å²) < 4.78 is 103. The fraction of sp³-hybridized carbons (Fsp3) is 0.900. The summed E-state index contributed by atoms with van der Waals surface area (Å²) in [5.41, 5.74) is 43.8. The largest absolute Gasteiger partial charge is 0.387 e. The van der Waals surface area contributed by atoms with E-state index in [1.165, 1.54) is 0 Å². The quantitative estimate of drug-likeness (QED) is 0.0252. The number of hydrogen-bond acceptors (Lipinski definition) is 48. The maximum Gasteiger partial charge on any atom is 0.217 e. The third-order valence-electron chi connectivity index (χ3n) is 23.4. The third-order valence-corrected chi connectivity index (χ3v) is 32.5. The van der Waals surface area contributed by atoms with Crippen molar-refractivity contribution in [1.29, 1.82) is 0 Å². The van der Waals surface area contributed by atoms with Crippen molar-refractivity contribution in [2.75, 3.05) is 92.0 Å². The normalized spacial score (nSPS) is 39.8. The molecule has 0 spiro atoms. The monoisotopic (exact) mass is 2100 g/mol. The minimum absolute atomic E-state index is 0.0671. The first kappa shape index (κ1) is 117. The Morgan fingerprint density at radius 3 is 0.346 bits per heavy atom. The van der Waals surface area contributed by atoms with Crippen molar-refractivity contribution >= 4 is 141 Å². The molecule has 30 rings (SSSR count). The number of amides is 8. The summed E-state index contributed by atoms with van der Waals surface area (Å²) in [5, 5.41) is 199. The second-order valence-electron chi connectivity index (χ2n) is 34.2. The second-order valence-corrected chi connectivity index (χ2v) is 43.4. The minimum Gasteiger partial charge on any atom is -0.387 e. The average molecular weight is 2110 g/mol. The lowest BCUT2D eigenvalue weighted by Crippen LogP contribution is -2.69. The van der Waals surface area contributed by atoms with Crippen LogP contribution in [-0.2, 0) is 114 Å². The molecular formula is C80H136N8O40S8. The summed E-state index contributed by atoms with van der Waals surface area (Å²) >= 11 is 9.04. The maximum atomic E-state index is 12.5. The standard InChI is InChI=1S/C80H136N8O40S8/c81-41(89)9-1-17-129-25-33-65-49(97)57(105)73(113-33)122-66-34(26-130-18-2-10-42(82)90)115-75(59(107)51(66)99)124-68-36(28-132-20-4-12-44(84)92)117-77(61(109)53(68)101)126-70-38(30-134-22-6-14-46(86)94)119-79(63(111)55(70)103)128-72-40(32-136-24-8-16-48(88)96)120-80(64(112)56(72)104)127-71-39(31-135-23-7-15-47(87)95)118-78(62(110)54(71)102)125-69-37(29-133-21-5-13-45(85)93)116-76(60(108)52(69)100)123-67-35(27-131-19-3-11-43(83)91)114-74(121-65)58(106)50(67)98/h33-40,49-80,97-112H,1-32H2,(H2,81,89)(H2,82,90)(H2,83,91)(H2,84,92)(H2,85,93)(H2,86,94)(H2,87,95)(H2,88,96)/t33-,34-,35-,36-,37-,38-,39-,40-,49-,50-,51-,52-,53-,54-,55-,56-,57-,58-,59-,60-,61-,62-,63-,64-,65-,66-,67-,68-,69-,70-,71-,72-,73-,74-,75-,76-,77-,78-,79-,80-/m1/s1. The molecule has 136 heavy (non-hydrogen) atoms. The Balaban J connectivity index is 1.13. The van der Waals surface area contributed by atoms with Gasteiger partial charge in [-0.05, 0) is 97.4 Å². The zero-order chi connectivity index (χ0) is 99.3. The summed E-state index contributed by atoms with van der Waals surface area (Å²) in [4.78, 5) is 95.5. The SMILES string of the molecule is NC(=O)CCCSC[C@H]1O[C@@H]2O[C@H]3[C@H](O)[C@@H](O)[C@@H](O[C@H]4[C@H](O)[C@@H](O)[C@@H](O[C@H]5[C@H](O)[C@@H](O)[C@@H](O[C@H]6[C@H](O)[C@@H](O)[C@@H](O[C@H]7[C@H](O)[C@@H](O)[C@@H](O[C@H]8[C@H](O)[C@@H](O)[C@@H](O[C@H]9[C@H](O)[C@@H](O)[C@@H](O[C@H]1[C@H](O)[C@H]2O)O[C@@H]9CSCCCC(N)=O)O[C@@H]8CSCCCC(N)=O)O[C@@H]7CSCCCC(N)=O)O[C@@H]6CSCCCC(N)=O)O[C@@H]5CSCCCC(N)=O)O[C@@H]4CSCCCC(N)=O)O[C@@H]3CSCCCC(N)=O. The number of thioether (sulfide) groups is 8. The van der Waals surface area contributed by atoms with Gasteiger partial charge in [-0.3, -0.25) is 38.4 Å². The first-order valence-electron chi connectivity index (χ1n) is 45.0. The van der Waals surface area contributed by atoms with E-state index in [2.05, 4.69) is 0 Å². The molecular weight excluding hydrogens is 1970 g/mol. The molecule has 0 aromatic rings. The fourth-order valence-electron chi connectivity index (χ4n) is 16.2. The topological polar surface area (TPSA) is 816 Å². The van der Waals surface area contributed by atoms with E-state index < -0.39 is 293 Å². The van der Waals surface area contributed by atoms with E-state index in [4.69, 9.17) is 122 Å². The van der Waals surface area contributed by atoms with Crippen molar-refractivity contribution in [3.8, 4) is 0 Å². The van der Waals surface area contributed by atoms with Gasteiger partial charge in [0.25, 0.3) is 0 Å². The molecule has 784 valence electrons. The lowest BCUT2D eigenvalue weighted by molar-refractivity contribution is -0.396. The zero-order valence-corrected chi connectivity index (χ0v) is 81.1. The molecule has 30 saturated heterocycles. The predicted molar refractivity (Wildman–Crippen MR) is 490 cm³/mol. The van der Waals surface area contributed by atoms with Gasteiger partial charge in [-0.2, -0.15) is 94.1 Å². The number of carbonyl (C=O) groups excluding carboxylic acids is 8. The highest BCUT2D eigenvalue weighted by molar-refractivity contribution is 8.00. The highest BCUT2D eigenvalue weighted by Gasteiger charge is 2.61. The van der Waals surface area contributed by atoms with Crippen LogP contribution in [0.3, 0.4) is 0 Å². The molecule has 56 heteroatoms. The first-order valence-corrected chi connectivity index (χ1v) is 54.2. The number of ether oxygens (including phenoxy) is 16. The van der Waals surface area contributed by atoms with Crippen LogP contribution < -0.4 is 45.9 Å². The average Bonchev–Trinajstić information content (AvgIpc) is 0.763. The van der Waals surface area contributed by atoms with Crippen molar-refractivity contribution in [1.82, 2.24) is 0 Å². The summed E-state index contributed by atoms with van der Waals surface area (Å²) in [5.74, 6) is -4.98. The molecule has 30 aliphatic heterocycles. The molecule has 30 heterocycles. The van der Waals surface area contributed by atoms with Crippen LogP contribution in [0.1, 0.15) is 103 Å². The Morgan fingerprint density at radius 2 is 0.257 bits per heavy atom. The van der Waals surface area contributed by atoms with Gasteiger partial charge >= 0.3 is 0 Å². The summed E-state index contributed by atoms with van der Waals surface area (Å²) in [6.07, 6.45) is -75.9. The molecule has 16 bridgehead atoms. The highest BCUT2D eigenvalue weighted by Crippen LogP contribution is 2.43. The van der Waals surface area contributed by atoms with Crippen molar-refractivity contribution in [2.24, 2.45) is 45.9 Å². The van der Waals surface area contributed by atoms with E-state index in [1.807, 2.05) is 0 Å². The van der Waals surface area contributed by atoms with Gasteiger partial charge in [-0.25, -0.2) is 0 Å². The number of rotatable bonds is 48. The molecule has 0 aromatic heterocycles. The number of aliphatic hydroxyl groups excluding tert-OH is 16. The van der Waals surface area contributed by atoms with E-state index in [0.29, 0.717) is 0 Å². The molecule has 0 aliphatic carbocycles. The van der Waals surface area contributed by atoms with Gasteiger partial charge in [-0.1, -0.05) is 0 Å². The van der Waals surface area contributed by atoms with Crippen LogP contribution in [0.5, 0.6) is 0 Å². The zero-order valence-electron chi connectivity index (χ0n) is 74.6. The van der Waals surface area contributed by atoms with E-state index in [1.54, 1.807) is 0 Å². The van der Waals surface area contributed by atoms with Gasteiger partial charge in [0, 0.05) is 97.4 Å². The van der Waals surface area contributed by atoms with E-state index in [9.17, 15) is 120 Å². The molecule has 30 aliphatic rings. The number of nitrogens with two attached hydrogens (primary N) is 8. The second kappa shape index (κ2) is 58.6. The molecule has 0 unspecified atom stereocenters. The number of primary amides is 8. The van der Waals surface area contributed by atoms with Gasteiger partial charge in [-0.15, -0.1) is 0 Å². The maximum absolute atomic E-state index is 12.5. The van der Waals surface area contributed by atoms with Crippen LogP contribution in [0, 0.1) is 0 Å². The van der Waals surface area contributed by atoms with Gasteiger partial charge in [0.2, 0.25) is 47.3 Å². The number of hydrogen-bond donors (Lipinski definition) is 24. The Kier molecular flexibility index (Phi) is 50.3. The van der Waals surface area contributed by atoms with Crippen LogP contribution in [0.4, 0.5) is 0 Å². The summed E-state index contributed by atoms with van der Waals surface area (Å²) in [6.45, 7) is 0. The minimum atomic E-state index is -2.21. The van der Waals surface area contributed by atoms with Crippen molar-refractivity contribution in [2.45, 2.75) is 348 Å². The van der Waals surface area contributed by atoms with Crippen molar-refractivity contribution < 1.29 is 196 Å². The van der Waals surface area contributed by atoms with Crippen LogP contribution in [0.15, 0.2) is 0 Å². The Bertz CT molecular complexity index is 2990. The van der Waals surface area contributed by atoms with Crippen LogP contribution in [0.25, 0.3) is 0 Å². The Hall–Kier alpha value is -2.72. The molecule has 40 atom stereocenters. The Labute approximate surface area is 818 Å². The van der Waals surface area contributed by atoms with Crippen molar-refractivity contribution in [3.05, 3.63) is 0 Å². The third kappa shape index (κ3) is 34.7. The van der Waals surface area contributed by atoms with Gasteiger partial charge in [0.05, 0.1) is 48.8 Å². The van der Waals surface area contributed by atoms with E-state index in [-0.39, 0.29) is 195 Å². The smallest absolute Gasteiger partial charge is 0.217 e. The Morgan fingerprint density at radius 1 is 0.162 bits per heavy atom. The number of aliphatic hydroxyl groups is 16.